The highest BCUT2D eigenvalue weighted by Gasteiger charge is 2.62. The zero-order valence-corrected chi connectivity index (χ0v) is 17.4. The predicted molar refractivity (Wildman–Crippen MR) is 111 cm³/mol. The minimum absolute atomic E-state index is 0. The second-order valence-corrected chi connectivity index (χ2v) is 8.11. The molecule has 1 aromatic heterocycles. The molecule has 4 rings (SSSR count). The predicted octanol–water partition coefficient (Wildman–Crippen LogP) is 2.76. The molecule has 1 saturated carbocycles. The van der Waals surface area contributed by atoms with E-state index in [4.69, 9.17) is 5.73 Å². The molecule has 1 aliphatic carbocycles. The molecule has 148 valence electrons. The monoisotopic (exact) mass is 410 g/mol. The first-order valence-electron chi connectivity index (χ1n) is 9.04. The fourth-order valence-electron chi connectivity index (χ4n) is 4.25. The average molecular weight is 411 g/mol. The molecule has 7 heteroatoms. The molecule has 2 unspecified atom stereocenters. The zero-order valence-electron chi connectivity index (χ0n) is 15.7. The Labute approximate surface area is 173 Å². The van der Waals surface area contributed by atoms with Gasteiger partial charge in [0, 0.05) is 32.3 Å². The van der Waals surface area contributed by atoms with Crippen molar-refractivity contribution in [3.63, 3.8) is 0 Å². The Bertz CT molecular complexity index is 763. The van der Waals surface area contributed by atoms with Crippen LogP contribution >= 0.6 is 24.8 Å². The molecule has 0 radical (unpaired) electrons. The molecule has 2 N–H and O–H groups in total. The van der Waals surface area contributed by atoms with Crippen LogP contribution in [0.3, 0.4) is 0 Å². The number of nitrogens with two attached hydrogens (primary N) is 1. The van der Waals surface area contributed by atoms with Gasteiger partial charge in [-0.25, -0.2) is 4.98 Å². The molecule has 3 atom stereocenters. The quantitative estimate of drug-likeness (QED) is 0.823. The van der Waals surface area contributed by atoms with E-state index in [0.29, 0.717) is 23.7 Å². The van der Waals surface area contributed by atoms with Crippen LogP contribution in [-0.4, -0.2) is 39.5 Å². The second-order valence-electron chi connectivity index (χ2n) is 8.11. The summed E-state index contributed by atoms with van der Waals surface area (Å²) >= 11 is 0. The largest absolute Gasteiger partial charge is 0.341 e. The lowest BCUT2D eigenvalue weighted by Crippen LogP contribution is -2.45. The molecule has 27 heavy (non-hydrogen) atoms. The van der Waals surface area contributed by atoms with Crippen molar-refractivity contribution in [2.75, 3.05) is 13.1 Å². The highest BCUT2D eigenvalue weighted by Crippen LogP contribution is 2.61. The SMILES string of the molecule is CC1(C)C2CN(C(=O)[C@@H](N)Cc3cn(Cc4ccccc4)cn3)CC21.Cl.Cl. The molecular weight excluding hydrogens is 383 g/mol. The van der Waals surface area contributed by atoms with Crippen LogP contribution in [0, 0.1) is 17.3 Å². The van der Waals surface area contributed by atoms with Crippen LogP contribution in [0.1, 0.15) is 25.1 Å². The van der Waals surface area contributed by atoms with E-state index in [9.17, 15) is 4.79 Å². The van der Waals surface area contributed by atoms with Gasteiger partial charge in [-0.05, 0) is 22.8 Å². The Balaban J connectivity index is 0.00000131. The number of nitrogens with zero attached hydrogens (tertiary/aromatic N) is 3. The maximum Gasteiger partial charge on any atom is 0.239 e. The van der Waals surface area contributed by atoms with Crippen LogP contribution in [0.5, 0.6) is 0 Å². The summed E-state index contributed by atoms with van der Waals surface area (Å²) in [5.41, 5.74) is 8.70. The maximum atomic E-state index is 12.6. The molecule has 0 spiro atoms. The Hall–Kier alpha value is -1.56. The summed E-state index contributed by atoms with van der Waals surface area (Å²) in [4.78, 5) is 19.0. The van der Waals surface area contributed by atoms with E-state index in [1.54, 1.807) is 0 Å². The second kappa shape index (κ2) is 8.21. The van der Waals surface area contributed by atoms with Gasteiger partial charge in [0.1, 0.15) is 0 Å². The lowest BCUT2D eigenvalue weighted by Gasteiger charge is -2.24. The van der Waals surface area contributed by atoms with Crippen molar-refractivity contribution in [2.45, 2.75) is 32.9 Å². The zero-order chi connectivity index (χ0) is 17.6. The van der Waals surface area contributed by atoms with E-state index in [1.807, 2.05) is 40.2 Å². The molecule has 5 nitrogen and oxygen atoms in total. The van der Waals surface area contributed by atoms with Gasteiger partial charge in [0.15, 0.2) is 0 Å². The van der Waals surface area contributed by atoms with E-state index in [-0.39, 0.29) is 30.7 Å². The first kappa shape index (κ1) is 21.7. The molecule has 1 aromatic carbocycles. The smallest absolute Gasteiger partial charge is 0.239 e. The maximum absolute atomic E-state index is 12.6. The van der Waals surface area contributed by atoms with Crippen molar-refractivity contribution in [3.8, 4) is 0 Å². The highest BCUT2D eigenvalue weighted by atomic mass is 35.5. The number of fused-ring (bicyclic) bond motifs is 1. The third kappa shape index (κ3) is 4.31. The molecule has 2 aliphatic rings. The number of imidazole rings is 1. The van der Waals surface area contributed by atoms with Gasteiger partial charge < -0.3 is 15.2 Å². The van der Waals surface area contributed by atoms with Gasteiger partial charge in [-0.3, -0.25) is 4.79 Å². The van der Waals surface area contributed by atoms with Crippen molar-refractivity contribution in [1.29, 1.82) is 0 Å². The van der Waals surface area contributed by atoms with Gasteiger partial charge in [0.25, 0.3) is 0 Å². The van der Waals surface area contributed by atoms with Crippen molar-refractivity contribution < 1.29 is 4.79 Å². The number of carbonyl (C=O) groups is 1. The standard InChI is InChI=1S/C20H26N4O.2ClH/c1-20(2)16-11-24(12-17(16)20)19(25)18(21)8-15-10-23(13-22-15)9-14-6-4-3-5-7-14;;/h3-7,10,13,16-18H,8-9,11-12,21H2,1-2H3;2*1H/t16?,17?,18-;;/m0../s1. The lowest BCUT2D eigenvalue weighted by atomic mass is 10.1. The normalized spacial score (nSPS) is 23.0. The highest BCUT2D eigenvalue weighted by molar-refractivity contribution is 5.85. The van der Waals surface area contributed by atoms with Crippen LogP contribution in [0.15, 0.2) is 42.9 Å². The Kier molecular flexibility index (Phi) is 6.61. The van der Waals surface area contributed by atoms with E-state index in [1.165, 1.54) is 5.56 Å². The fourth-order valence-corrected chi connectivity index (χ4v) is 4.25. The van der Waals surface area contributed by atoms with Crippen molar-refractivity contribution >= 4 is 30.7 Å². The average Bonchev–Trinajstić information content (AvgIpc) is 3.03. The van der Waals surface area contributed by atoms with E-state index >= 15 is 0 Å². The number of rotatable bonds is 5. The Morgan fingerprint density at radius 3 is 2.48 bits per heavy atom. The number of carbonyl (C=O) groups excluding carboxylic acids is 1. The Morgan fingerprint density at radius 1 is 1.22 bits per heavy atom. The van der Waals surface area contributed by atoms with Crippen molar-refractivity contribution in [3.05, 3.63) is 54.1 Å². The summed E-state index contributed by atoms with van der Waals surface area (Å²) in [6, 6.07) is 9.76. The van der Waals surface area contributed by atoms with Gasteiger partial charge in [-0.15, -0.1) is 24.8 Å². The molecule has 1 aliphatic heterocycles. The van der Waals surface area contributed by atoms with E-state index < -0.39 is 6.04 Å². The minimum Gasteiger partial charge on any atom is -0.341 e. The number of halogens is 2. The van der Waals surface area contributed by atoms with E-state index in [0.717, 1.165) is 25.3 Å². The molecule has 0 bridgehead atoms. The van der Waals surface area contributed by atoms with Crippen LogP contribution < -0.4 is 5.73 Å². The fraction of sp³-hybridized carbons (Fsp3) is 0.500. The van der Waals surface area contributed by atoms with Gasteiger partial charge in [-0.2, -0.15) is 0 Å². The molecular formula is C20H28Cl2N4O. The number of aromatic nitrogens is 2. The number of amides is 1. The summed E-state index contributed by atoms with van der Waals surface area (Å²) in [7, 11) is 0. The molecule has 2 aromatic rings. The van der Waals surface area contributed by atoms with Crippen LogP contribution in [-0.2, 0) is 17.8 Å². The van der Waals surface area contributed by atoms with Crippen molar-refractivity contribution in [2.24, 2.45) is 23.0 Å². The first-order chi connectivity index (χ1) is 11.9. The van der Waals surface area contributed by atoms with Gasteiger partial charge >= 0.3 is 0 Å². The number of piperidine rings is 1. The van der Waals surface area contributed by atoms with Gasteiger partial charge in [0.05, 0.1) is 18.1 Å². The Morgan fingerprint density at radius 2 is 1.85 bits per heavy atom. The third-order valence-corrected chi connectivity index (χ3v) is 6.07. The minimum atomic E-state index is -0.499. The summed E-state index contributed by atoms with van der Waals surface area (Å²) in [5, 5.41) is 0. The van der Waals surface area contributed by atoms with Crippen molar-refractivity contribution in [1.82, 2.24) is 14.5 Å². The summed E-state index contributed by atoms with van der Waals surface area (Å²) in [6.07, 6.45) is 4.30. The van der Waals surface area contributed by atoms with Crippen LogP contribution in [0.25, 0.3) is 0 Å². The molecule has 1 saturated heterocycles. The van der Waals surface area contributed by atoms with Gasteiger partial charge in [0.2, 0.25) is 5.91 Å². The summed E-state index contributed by atoms with van der Waals surface area (Å²) in [6.45, 7) is 7.10. The summed E-state index contributed by atoms with van der Waals surface area (Å²) in [5.74, 6) is 1.39. The molecule has 1 amide bonds. The van der Waals surface area contributed by atoms with Gasteiger partial charge in [-0.1, -0.05) is 44.2 Å². The lowest BCUT2D eigenvalue weighted by molar-refractivity contribution is -0.132. The third-order valence-electron chi connectivity index (χ3n) is 6.07. The van der Waals surface area contributed by atoms with Crippen LogP contribution in [0.4, 0.5) is 0 Å². The molecule has 2 fully saturated rings. The number of benzene rings is 1. The first-order valence-corrected chi connectivity index (χ1v) is 9.04. The molecule has 2 heterocycles. The topological polar surface area (TPSA) is 64.2 Å². The summed E-state index contributed by atoms with van der Waals surface area (Å²) < 4.78 is 2.04. The van der Waals surface area contributed by atoms with Crippen LogP contribution in [0.2, 0.25) is 0 Å². The number of hydrogen-bond donors (Lipinski definition) is 1. The number of likely N-dealkylation sites (tertiary alicyclic amines) is 1. The van der Waals surface area contributed by atoms with E-state index in [2.05, 4.69) is 31.0 Å². The number of hydrogen-bond acceptors (Lipinski definition) is 3.